The molecule has 28 heavy (non-hydrogen) atoms. The summed E-state index contributed by atoms with van der Waals surface area (Å²) in [5.41, 5.74) is 1.09. The molecule has 2 heterocycles. The van der Waals surface area contributed by atoms with Gasteiger partial charge in [-0.3, -0.25) is 4.99 Å². The van der Waals surface area contributed by atoms with Gasteiger partial charge in [-0.2, -0.15) is 4.31 Å². The molecule has 0 saturated carbocycles. The maximum atomic E-state index is 12.6. The molecule has 156 valence electrons. The minimum atomic E-state index is -3.37. The number of aryl methyl sites for hydroxylation is 1. The van der Waals surface area contributed by atoms with Crippen LogP contribution in [0.1, 0.15) is 29.4 Å². The van der Waals surface area contributed by atoms with E-state index in [1.165, 1.54) is 15.6 Å². The van der Waals surface area contributed by atoms with Crippen LogP contribution in [0, 0.1) is 6.92 Å². The lowest BCUT2D eigenvalue weighted by Gasteiger charge is -2.16. The number of nitrogens with zero attached hydrogens (tertiary/aromatic N) is 3. The van der Waals surface area contributed by atoms with Crippen LogP contribution >= 0.6 is 22.7 Å². The number of thiazole rings is 1. The van der Waals surface area contributed by atoms with Gasteiger partial charge in [-0.15, -0.1) is 22.7 Å². The number of aromatic nitrogens is 1. The van der Waals surface area contributed by atoms with E-state index >= 15 is 0 Å². The fourth-order valence-electron chi connectivity index (χ4n) is 2.68. The topological polar surface area (TPSA) is 86.7 Å². The van der Waals surface area contributed by atoms with Gasteiger partial charge in [0.25, 0.3) is 10.0 Å². The van der Waals surface area contributed by atoms with Gasteiger partial charge in [-0.05, 0) is 25.5 Å². The molecule has 2 rings (SSSR count). The number of aliphatic imine (C=N–C) groups is 1. The molecule has 0 atom stereocenters. The highest BCUT2D eigenvalue weighted by molar-refractivity contribution is 7.91. The lowest BCUT2D eigenvalue weighted by Crippen LogP contribution is -2.39. The summed E-state index contributed by atoms with van der Waals surface area (Å²) in [6.07, 6.45) is 1.59. The quantitative estimate of drug-likeness (QED) is 0.435. The first-order valence-electron chi connectivity index (χ1n) is 9.35. The van der Waals surface area contributed by atoms with E-state index in [0.29, 0.717) is 23.8 Å². The van der Waals surface area contributed by atoms with Gasteiger partial charge in [-0.25, -0.2) is 13.4 Å². The molecule has 0 aliphatic rings. The summed E-state index contributed by atoms with van der Waals surface area (Å²) >= 11 is 3.00. The molecule has 10 heteroatoms. The summed E-state index contributed by atoms with van der Waals surface area (Å²) in [6, 6.07) is 3.60. The van der Waals surface area contributed by atoms with E-state index < -0.39 is 10.0 Å². The van der Waals surface area contributed by atoms with Crippen LogP contribution in [0.5, 0.6) is 0 Å². The highest BCUT2D eigenvalue weighted by Gasteiger charge is 2.23. The van der Waals surface area contributed by atoms with Gasteiger partial charge in [0.15, 0.2) is 5.96 Å². The number of hydrogen-bond donors (Lipinski definition) is 2. The maximum absolute atomic E-state index is 12.6. The number of sulfonamides is 1. The maximum Gasteiger partial charge on any atom is 0.252 e. The molecule has 0 amide bonds. The van der Waals surface area contributed by atoms with E-state index in [1.807, 2.05) is 26.8 Å². The van der Waals surface area contributed by atoms with E-state index in [-0.39, 0.29) is 0 Å². The van der Waals surface area contributed by atoms with Crippen molar-refractivity contribution < 1.29 is 8.42 Å². The molecular weight excluding hydrogens is 414 g/mol. The Labute approximate surface area is 176 Å². The molecule has 2 N–H and O–H groups in total. The minimum absolute atomic E-state index is 0.410. The molecular formula is C18H29N5O2S3. The summed E-state index contributed by atoms with van der Waals surface area (Å²) < 4.78 is 27.0. The van der Waals surface area contributed by atoms with Crippen molar-refractivity contribution in [1.29, 1.82) is 0 Å². The fourth-order valence-corrected chi connectivity index (χ4v) is 6.29. The second-order valence-electron chi connectivity index (χ2n) is 6.09. The number of hydrogen-bond acceptors (Lipinski definition) is 6. The first-order valence-corrected chi connectivity index (χ1v) is 12.5. The molecule has 0 spiro atoms. The minimum Gasteiger partial charge on any atom is -0.356 e. The first-order chi connectivity index (χ1) is 13.4. The van der Waals surface area contributed by atoms with Gasteiger partial charge in [0.05, 0.1) is 10.7 Å². The average molecular weight is 444 g/mol. The zero-order chi connectivity index (χ0) is 20.6. The Balaban J connectivity index is 1.79. The SMILES string of the molecule is CCN(CC)S(=O)(=O)c1ccc(CCNC(=NC)NCCc2csc(C)n2)s1. The summed E-state index contributed by atoms with van der Waals surface area (Å²) in [4.78, 5) is 9.71. The molecule has 0 bridgehead atoms. The Morgan fingerprint density at radius 3 is 2.43 bits per heavy atom. The van der Waals surface area contributed by atoms with Gasteiger partial charge in [0.1, 0.15) is 4.21 Å². The third kappa shape index (κ3) is 6.26. The Morgan fingerprint density at radius 2 is 1.86 bits per heavy atom. The van der Waals surface area contributed by atoms with Crippen molar-refractivity contribution in [2.24, 2.45) is 4.99 Å². The van der Waals surface area contributed by atoms with Crippen LogP contribution in [0.3, 0.4) is 0 Å². The lowest BCUT2D eigenvalue weighted by atomic mass is 10.3. The van der Waals surface area contributed by atoms with Crippen molar-refractivity contribution >= 4 is 38.7 Å². The monoisotopic (exact) mass is 443 g/mol. The molecule has 0 radical (unpaired) electrons. The number of rotatable bonds is 10. The first kappa shape index (κ1) is 22.8. The molecule has 7 nitrogen and oxygen atoms in total. The van der Waals surface area contributed by atoms with Gasteiger partial charge in [0, 0.05) is 49.9 Å². The molecule has 0 saturated heterocycles. The van der Waals surface area contributed by atoms with Gasteiger partial charge in [-0.1, -0.05) is 13.8 Å². The Kier molecular flexibility index (Phi) is 8.87. The van der Waals surface area contributed by atoms with E-state index in [1.54, 1.807) is 24.5 Å². The molecule has 0 unspecified atom stereocenters. The van der Waals surface area contributed by atoms with Crippen LogP contribution in [0.25, 0.3) is 0 Å². The van der Waals surface area contributed by atoms with Gasteiger partial charge in [0.2, 0.25) is 0 Å². The predicted molar refractivity (Wildman–Crippen MR) is 118 cm³/mol. The predicted octanol–water partition coefficient (Wildman–Crippen LogP) is 2.49. The third-order valence-corrected chi connectivity index (χ3v) is 8.65. The largest absolute Gasteiger partial charge is 0.356 e. The fraction of sp³-hybridized carbons (Fsp3) is 0.556. The number of nitrogens with one attached hydrogen (secondary N) is 2. The smallest absolute Gasteiger partial charge is 0.252 e. The molecule has 0 aromatic carbocycles. The highest BCUT2D eigenvalue weighted by atomic mass is 32.2. The van der Waals surface area contributed by atoms with Crippen molar-refractivity contribution in [3.63, 3.8) is 0 Å². The van der Waals surface area contributed by atoms with Crippen LogP contribution < -0.4 is 10.6 Å². The van der Waals surface area contributed by atoms with E-state index in [0.717, 1.165) is 40.9 Å². The van der Waals surface area contributed by atoms with Crippen molar-refractivity contribution in [2.45, 2.75) is 37.8 Å². The molecule has 0 aliphatic heterocycles. The Morgan fingerprint density at radius 1 is 1.18 bits per heavy atom. The van der Waals surface area contributed by atoms with Gasteiger partial charge >= 0.3 is 0 Å². The second-order valence-corrected chi connectivity index (χ2v) is 10.5. The molecule has 0 fully saturated rings. The summed E-state index contributed by atoms with van der Waals surface area (Å²) in [6.45, 7) is 8.12. The normalized spacial score (nSPS) is 12.5. The van der Waals surface area contributed by atoms with Crippen LogP contribution in [0.15, 0.2) is 26.7 Å². The average Bonchev–Trinajstić information content (AvgIpc) is 3.30. The summed E-state index contributed by atoms with van der Waals surface area (Å²) in [7, 11) is -1.63. The van der Waals surface area contributed by atoms with Crippen LogP contribution in [0.4, 0.5) is 0 Å². The summed E-state index contributed by atoms with van der Waals surface area (Å²) in [5, 5.41) is 9.70. The number of thiophene rings is 1. The van der Waals surface area contributed by atoms with E-state index in [9.17, 15) is 8.42 Å². The molecule has 2 aromatic rings. The summed E-state index contributed by atoms with van der Waals surface area (Å²) in [5.74, 6) is 0.736. The van der Waals surface area contributed by atoms with Crippen molar-refractivity contribution in [2.75, 3.05) is 33.2 Å². The molecule has 2 aromatic heterocycles. The van der Waals surface area contributed by atoms with E-state index in [2.05, 4.69) is 26.0 Å². The lowest BCUT2D eigenvalue weighted by molar-refractivity contribution is 0.447. The number of guanidine groups is 1. The Hall–Kier alpha value is -1.49. The zero-order valence-corrected chi connectivity index (χ0v) is 19.3. The zero-order valence-electron chi connectivity index (χ0n) is 16.9. The van der Waals surface area contributed by atoms with E-state index in [4.69, 9.17) is 0 Å². The standard InChI is InChI=1S/C18H29N5O2S3/c1-5-23(6-2)28(24,25)17-8-7-16(27-17)10-12-21-18(19-4)20-11-9-15-13-26-14(3)22-15/h7-8,13H,5-6,9-12H2,1-4H3,(H2,19,20,21). The highest BCUT2D eigenvalue weighted by Crippen LogP contribution is 2.25. The second kappa shape index (κ2) is 10.9. The van der Waals surface area contributed by atoms with Gasteiger partial charge < -0.3 is 10.6 Å². The van der Waals surface area contributed by atoms with Crippen molar-refractivity contribution in [3.05, 3.63) is 33.1 Å². The van der Waals surface area contributed by atoms with Crippen molar-refractivity contribution in [1.82, 2.24) is 19.9 Å². The van der Waals surface area contributed by atoms with Crippen molar-refractivity contribution in [3.8, 4) is 0 Å². The Bertz CT molecular complexity index is 869. The van der Waals surface area contributed by atoms with Crippen LogP contribution in [0.2, 0.25) is 0 Å². The van der Waals surface area contributed by atoms with Crippen LogP contribution in [-0.4, -0.2) is 56.9 Å². The van der Waals surface area contributed by atoms with Crippen LogP contribution in [-0.2, 0) is 22.9 Å². The molecule has 0 aliphatic carbocycles. The third-order valence-electron chi connectivity index (χ3n) is 4.16.